The number of likely N-dealkylation sites (N-methyl/N-ethyl adjacent to an activating group) is 1. The Kier molecular flexibility index (Phi) is 6.73. The van der Waals surface area contributed by atoms with Gasteiger partial charge < -0.3 is 14.9 Å². The molecule has 28 heavy (non-hydrogen) atoms. The van der Waals surface area contributed by atoms with Crippen LogP contribution in [-0.2, 0) is 4.79 Å². The van der Waals surface area contributed by atoms with Crippen molar-refractivity contribution < 1.29 is 9.90 Å². The van der Waals surface area contributed by atoms with Crippen molar-refractivity contribution in [2.45, 2.75) is 50.1 Å². The number of hydrogen-bond donors (Lipinski definition) is 1. The predicted molar refractivity (Wildman–Crippen MR) is 108 cm³/mol. The van der Waals surface area contributed by atoms with E-state index in [4.69, 9.17) is 0 Å². The number of nitriles is 1. The van der Waals surface area contributed by atoms with Gasteiger partial charge in [-0.1, -0.05) is 43.2 Å². The summed E-state index contributed by atoms with van der Waals surface area (Å²) in [6.45, 7) is 0.0857. The fourth-order valence-electron chi connectivity index (χ4n) is 4.32. The first kappa shape index (κ1) is 20.4. The summed E-state index contributed by atoms with van der Waals surface area (Å²) in [6, 6.07) is 9.29. The molecule has 1 heterocycles. The maximum absolute atomic E-state index is 12.4. The quantitative estimate of drug-likeness (QED) is 0.816. The summed E-state index contributed by atoms with van der Waals surface area (Å²) in [5, 5.41) is 19.4. The lowest BCUT2D eigenvalue weighted by molar-refractivity contribution is -0.147. The average molecular weight is 380 g/mol. The number of carbonyl (C=O) groups excluding carboxylic acids is 1. The molecule has 148 valence electrons. The minimum absolute atomic E-state index is 0.123. The molecule has 1 amide bonds. The average Bonchev–Trinajstić information content (AvgIpc) is 2.67. The molecule has 0 spiro atoms. The Bertz CT molecular complexity index is 779. The predicted octanol–water partition coefficient (Wildman–Crippen LogP) is 2.36. The summed E-state index contributed by atoms with van der Waals surface area (Å²) in [7, 11) is 3.63. The van der Waals surface area contributed by atoms with Crippen molar-refractivity contribution in [3.63, 3.8) is 0 Å². The Balaban J connectivity index is 1.71. The van der Waals surface area contributed by atoms with E-state index in [1.165, 1.54) is 37.0 Å². The second kappa shape index (κ2) is 9.24. The molecule has 1 N–H and O–H groups in total. The van der Waals surface area contributed by atoms with Gasteiger partial charge in [-0.2, -0.15) is 5.26 Å². The first-order valence-electron chi connectivity index (χ1n) is 10.1. The number of aliphatic hydroxyl groups is 1. The number of amides is 1. The van der Waals surface area contributed by atoms with Crippen LogP contribution in [0.3, 0.4) is 0 Å². The third kappa shape index (κ3) is 4.38. The Morgan fingerprint density at radius 1 is 1.21 bits per heavy atom. The van der Waals surface area contributed by atoms with Crippen molar-refractivity contribution in [2.75, 3.05) is 27.2 Å². The van der Waals surface area contributed by atoms with Gasteiger partial charge in [0.1, 0.15) is 6.04 Å². The second-order valence-electron chi connectivity index (χ2n) is 8.11. The van der Waals surface area contributed by atoms with Crippen LogP contribution in [0, 0.1) is 29.1 Å². The van der Waals surface area contributed by atoms with Gasteiger partial charge in [0.05, 0.1) is 25.3 Å². The molecule has 1 aliphatic carbocycles. The van der Waals surface area contributed by atoms with Crippen LogP contribution in [0.2, 0.25) is 0 Å². The molecule has 1 saturated heterocycles. The largest absolute Gasteiger partial charge is 0.394 e. The summed E-state index contributed by atoms with van der Waals surface area (Å²) in [5.41, 5.74) is 1.95. The number of rotatable bonds is 4. The molecule has 1 aliphatic heterocycles. The lowest BCUT2D eigenvalue weighted by atomic mass is 9.75. The molecule has 5 nitrogen and oxygen atoms in total. The van der Waals surface area contributed by atoms with Crippen molar-refractivity contribution in [3.05, 3.63) is 35.4 Å². The molecule has 3 rings (SSSR count). The first-order valence-corrected chi connectivity index (χ1v) is 10.1. The van der Waals surface area contributed by atoms with E-state index < -0.39 is 6.04 Å². The summed E-state index contributed by atoms with van der Waals surface area (Å²) >= 11 is 0. The topological polar surface area (TPSA) is 67.6 Å². The van der Waals surface area contributed by atoms with Crippen LogP contribution in [0.1, 0.15) is 49.1 Å². The standard InChI is InChI=1S/C23H29N3O2/c1-25(2)15-22(28)26-20(14-24)23(21(26)16-27)19-12-10-18(11-13-19)9-8-17-6-4-3-5-7-17/h10-13,17,20-21,23,27H,3-7,15-16H2,1-2H3/t20-,21-,23+/m0/s1. The zero-order valence-corrected chi connectivity index (χ0v) is 16.8. The first-order chi connectivity index (χ1) is 13.5. The molecule has 2 aliphatic rings. The summed E-state index contributed by atoms with van der Waals surface area (Å²) in [6.07, 6.45) is 6.29. The number of hydrogen-bond acceptors (Lipinski definition) is 4. The number of aliphatic hydroxyl groups excluding tert-OH is 1. The van der Waals surface area contributed by atoms with E-state index in [1.807, 2.05) is 38.4 Å². The summed E-state index contributed by atoms with van der Waals surface area (Å²) < 4.78 is 0. The maximum atomic E-state index is 12.4. The molecule has 3 atom stereocenters. The monoisotopic (exact) mass is 379 g/mol. The maximum Gasteiger partial charge on any atom is 0.238 e. The van der Waals surface area contributed by atoms with Crippen LogP contribution in [0.25, 0.3) is 0 Å². The van der Waals surface area contributed by atoms with Crippen molar-refractivity contribution in [3.8, 4) is 17.9 Å². The van der Waals surface area contributed by atoms with Crippen LogP contribution < -0.4 is 0 Å². The van der Waals surface area contributed by atoms with E-state index in [0.717, 1.165) is 11.1 Å². The molecule has 2 fully saturated rings. The molecule has 0 radical (unpaired) electrons. The van der Waals surface area contributed by atoms with Gasteiger partial charge in [0.25, 0.3) is 0 Å². The van der Waals surface area contributed by atoms with Gasteiger partial charge in [-0.15, -0.1) is 0 Å². The second-order valence-corrected chi connectivity index (χ2v) is 8.11. The number of likely N-dealkylation sites (tertiary alicyclic amines) is 1. The van der Waals surface area contributed by atoms with E-state index >= 15 is 0 Å². The normalized spacial score (nSPS) is 24.8. The highest BCUT2D eigenvalue weighted by Gasteiger charge is 2.51. The molecule has 1 aromatic rings. The molecule has 1 aromatic carbocycles. The summed E-state index contributed by atoms with van der Waals surface area (Å²) in [5.74, 6) is 6.90. The van der Waals surface area contributed by atoms with E-state index in [-0.39, 0.29) is 31.0 Å². The van der Waals surface area contributed by atoms with Crippen LogP contribution in [0.15, 0.2) is 24.3 Å². The van der Waals surface area contributed by atoms with E-state index in [1.54, 1.807) is 4.90 Å². The van der Waals surface area contributed by atoms with Crippen molar-refractivity contribution in [1.82, 2.24) is 9.80 Å². The highest BCUT2D eigenvalue weighted by molar-refractivity contribution is 5.81. The Hall–Kier alpha value is -2.34. The van der Waals surface area contributed by atoms with Gasteiger partial charge in [-0.05, 0) is 44.6 Å². The van der Waals surface area contributed by atoms with Crippen molar-refractivity contribution in [2.24, 2.45) is 5.92 Å². The Morgan fingerprint density at radius 3 is 2.46 bits per heavy atom. The van der Waals surface area contributed by atoms with Gasteiger partial charge in [0.15, 0.2) is 0 Å². The zero-order valence-electron chi connectivity index (χ0n) is 16.8. The smallest absolute Gasteiger partial charge is 0.238 e. The lowest BCUT2D eigenvalue weighted by Crippen LogP contribution is -2.66. The van der Waals surface area contributed by atoms with Gasteiger partial charge in [-0.3, -0.25) is 4.79 Å². The van der Waals surface area contributed by atoms with Crippen LogP contribution in [0.4, 0.5) is 0 Å². The fourth-order valence-corrected chi connectivity index (χ4v) is 4.32. The third-order valence-electron chi connectivity index (χ3n) is 5.79. The molecular formula is C23H29N3O2. The van der Waals surface area contributed by atoms with Crippen LogP contribution >= 0.6 is 0 Å². The van der Waals surface area contributed by atoms with Crippen molar-refractivity contribution in [1.29, 1.82) is 5.26 Å². The SMILES string of the molecule is CN(C)CC(=O)N1[C@@H](C#N)[C@@H](c2ccc(C#CC3CCCCC3)cc2)[C@@H]1CO. The number of benzene rings is 1. The summed E-state index contributed by atoms with van der Waals surface area (Å²) in [4.78, 5) is 15.7. The van der Waals surface area contributed by atoms with Gasteiger partial charge in [0, 0.05) is 17.4 Å². The molecular weight excluding hydrogens is 350 g/mol. The Labute approximate surface area is 167 Å². The molecule has 1 saturated carbocycles. The van der Waals surface area contributed by atoms with E-state index in [0.29, 0.717) is 5.92 Å². The van der Waals surface area contributed by atoms with Crippen LogP contribution in [0.5, 0.6) is 0 Å². The minimum Gasteiger partial charge on any atom is -0.394 e. The van der Waals surface area contributed by atoms with Gasteiger partial charge >= 0.3 is 0 Å². The molecule has 0 bridgehead atoms. The van der Waals surface area contributed by atoms with Crippen molar-refractivity contribution >= 4 is 5.91 Å². The fraction of sp³-hybridized carbons (Fsp3) is 0.565. The minimum atomic E-state index is -0.538. The zero-order chi connectivity index (χ0) is 20.1. The number of nitrogens with zero attached hydrogens (tertiary/aromatic N) is 3. The Morgan fingerprint density at radius 2 is 1.89 bits per heavy atom. The lowest BCUT2D eigenvalue weighted by Gasteiger charge is -2.51. The highest BCUT2D eigenvalue weighted by Crippen LogP contribution is 2.40. The number of carbonyl (C=O) groups is 1. The molecule has 0 unspecified atom stereocenters. The molecule has 5 heteroatoms. The highest BCUT2D eigenvalue weighted by atomic mass is 16.3. The van der Waals surface area contributed by atoms with E-state index in [2.05, 4.69) is 17.9 Å². The third-order valence-corrected chi connectivity index (χ3v) is 5.79. The van der Waals surface area contributed by atoms with Crippen LogP contribution in [-0.4, -0.2) is 60.1 Å². The van der Waals surface area contributed by atoms with E-state index in [9.17, 15) is 15.2 Å². The van der Waals surface area contributed by atoms with Gasteiger partial charge in [-0.25, -0.2) is 0 Å². The van der Waals surface area contributed by atoms with Gasteiger partial charge in [0.2, 0.25) is 5.91 Å². The molecule has 0 aromatic heterocycles.